The predicted octanol–water partition coefficient (Wildman–Crippen LogP) is 3.96. The molecule has 0 amide bonds. The zero-order valence-electron chi connectivity index (χ0n) is 7.75. The third kappa shape index (κ3) is 1.76. The molecule has 2 N–H and O–H groups in total. The van der Waals surface area contributed by atoms with Crippen LogP contribution in [-0.4, -0.2) is 0 Å². The molecule has 3 heteroatoms. The summed E-state index contributed by atoms with van der Waals surface area (Å²) in [7, 11) is 0. The Balaban J connectivity index is 2.49. The van der Waals surface area contributed by atoms with Crippen molar-refractivity contribution >= 4 is 28.6 Å². The first-order valence-electron chi connectivity index (χ1n) is 4.28. The van der Waals surface area contributed by atoms with E-state index in [-0.39, 0.29) is 0 Å². The van der Waals surface area contributed by atoms with Gasteiger partial charge in [-0.2, -0.15) is 0 Å². The SMILES string of the molecule is Cc1cc(-c2cccc(N)c2)sc1Cl. The van der Waals surface area contributed by atoms with Gasteiger partial charge < -0.3 is 5.73 Å². The van der Waals surface area contributed by atoms with Crippen LogP contribution in [0.5, 0.6) is 0 Å². The Hall–Kier alpha value is -0.990. The number of anilines is 1. The van der Waals surface area contributed by atoms with E-state index < -0.39 is 0 Å². The molecule has 0 radical (unpaired) electrons. The molecule has 0 aliphatic heterocycles. The van der Waals surface area contributed by atoms with Gasteiger partial charge in [0.15, 0.2) is 0 Å². The maximum absolute atomic E-state index is 6.01. The topological polar surface area (TPSA) is 26.0 Å². The maximum atomic E-state index is 6.01. The van der Waals surface area contributed by atoms with Crippen LogP contribution in [0.2, 0.25) is 4.34 Å². The summed E-state index contributed by atoms with van der Waals surface area (Å²) >= 11 is 7.59. The van der Waals surface area contributed by atoms with Gasteiger partial charge in [0.1, 0.15) is 0 Å². The van der Waals surface area contributed by atoms with Gasteiger partial charge in [-0.15, -0.1) is 11.3 Å². The lowest BCUT2D eigenvalue weighted by Crippen LogP contribution is -1.83. The normalized spacial score (nSPS) is 10.4. The Labute approximate surface area is 92.1 Å². The summed E-state index contributed by atoms with van der Waals surface area (Å²) in [6, 6.07) is 9.92. The van der Waals surface area contributed by atoms with Crippen molar-refractivity contribution in [2.75, 3.05) is 5.73 Å². The molecule has 0 bridgehead atoms. The number of nitrogen functional groups attached to an aromatic ring is 1. The first-order valence-corrected chi connectivity index (χ1v) is 5.48. The average molecular weight is 224 g/mol. The monoisotopic (exact) mass is 223 g/mol. The summed E-state index contributed by atoms with van der Waals surface area (Å²) < 4.78 is 0.849. The Bertz CT molecular complexity index is 443. The molecular formula is C11H10ClNS. The fraction of sp³-hybridized carbons (Fsp3) is 0.0909. The third-order valence-corrected chi connectivity index (χ3v) is 3.63. The summed E-state index contributed by atoms with van der Waals surface area (Å²) in [5, 5.41) is 0. The number of hydrogen-bond acceptors (Lipinski definition) is 2. The summed E-state index contributed by atoms with van der Waals surface area (Å²) in [5.41, 5.74) is 8.74. The fourth-order valence-corrected chi connectivity index (χ4v) is 2.49. The van der Waals surface area contributed by atoms with Crippen LogP contribution in [0.25, 0.3) is 10.4 Å². The Morgan fingerprint density at radius 2 is 2.07 bits per heavy atom. The Kier molecular flexibility index (Phi) is 2.48. The van der Waals surface area contributed by atoms with Gasteiger partial charge in [-0.25, -0.2) is 0 Å². The van der Waals surface area contributed by atoms with Crippen LogP contribution in [-0.2, 0) is 0 Å². The van der Waals surface area contributed by atoms with Gasteiger partial charge >= 0.3 is 0 Å². The lowest BCUT2D eigenvalue weighted by molar-refractivity contribution is 1.55. The highest BCUT2D eigenvalue weighted by atomic mass is 35.5. The molecule has 0 aliphatic carbocycles. The molecule has 1 nitrogen and oxygen atoms in total. The van der Waals surface area contributed by atoms with Crippen LogP contribution in [0.4, 0.5) is 5.69 Å². The van der Waals surface area contributed by atoms with Crippen LogP contribution < -0.4 is 5.73 Å². The molecule has 14 heavy (non-hydrogen) atoms. The van der Waals surface area contributed by atoms with Gasteiger partial charge in [0.2, 0.25) is 0 Å². The van der Waals surface area contributed by atoms with Gasteiger partial charge in [-0.1, -0.05) is 23.7 Å². The Morgan fingerprint density at radius 1 is 1.29 bits per heavy atom. The van der Waals surface area contributed by atoms with E-state index in [1.807, 2.05) is 31.2 Å². The molecule has 0 saturated heterocycles. The highest BCUT2D eigenvalue weighted by molar-refractivity contribution is 7.19. The van der Waals surface area contributed by atoms with Crippen LogP contribution in [0.3, 0.4) is 0 Å². The van der Waals surface area contributed by atoms with Crippen molar-refractivity contribution < 1.29 is 0 Å². The molecule has 0 spiro atoms. The van der Waals surface area contributed by atoms with Gasteiger partial charge in [-0.3, -0.25) is 0 Å². The summed E-state index contributed by atoms with van der Waals surface area (Å²) in [5.74, 6) is 0. The van der Waals surface area contributed by atoms with Gasteiger partial charge in [0.25, 0.3) is 0 Å². The van der Waals surface area contributed by atoms with Crippen molar-refractivity contribution in [1.29, 1.82) is 0 Å². The molecule has 1 aromatic carbocycles. The molecule has 0 saturated carbocycles. The number of rotatable bonds is 1. The molecule has 72 valence electrons. The van der Waals surface area contributed by atoms with Crippen molar-refractivity contribution in [1.82, 2.24) is 0 Å². The molecule has 0 atom stereocenters. The predicted molar refractivity (Wildman–Crippen MR) is 63.9 cm³/mol. The van der Waals surface area contributed by atoms with Crippen LogP contribution in [0.15, 0.2) is 30.3 Å². The van der Waals surface area contributed by atoms with E-state index in [4.69, 9.17) is 17.3 Å². The van der Waals surface area contributed by atoms with Crippen LogP contribution in [0.1, 0.15) is 5.56 Å². The minimum absolute atomic E-state index is 0.782. The van der Waals surface area contributed by atoms with Crippen molar-refractivity contribution in [3.63, 3.8) is 0 Å². The molecule has 1 aromatic heterocycles. The van der Waals surface area contributed by atoms with Crippen molar-refractivity contribution in [2.24, 2.45) is 0 Å². The zero-order valence-corrected chi connectivity index (χ0v) is 9.32. The van der Waals surface area contributed by atoms with Crippen molar-refractivity contribution in [3.8, 4) is 10.4 Å². The van der Waals surface area contributed by atoms with Gasteiger partial charge in [-0.05, 0) is 36.2 Å². The summed E-state index contributed by atoms with van der Waals surface area (Å²) in [6.07, 6.45) is 0. The standard InChI is InChI=1S/C11H10ClNS/c1-7-5-10(14-11(7)12)8-3-2-4-9(13)6-8/h2-6H,13H2,1H3. The lowest BCUT2D eigenvalue weighted by Gasteiger charge is -1.97. The number of benzene rings is 1. The number of halogens is 1. The molecule has 0 unspecified atom stereocenters. The first kappa shape index (κ1) is 9.56. The second-order valence-electron chi connectivity index (χ2n) is 3.19. The quantitative estimate of drug-likeness (QED) is 0.728. The van der Waals surface area contributed by atoms with E-state index in [0.717, 1.165) is 21.2 Å². The largest absolute Gasteiger partial charge is 0.399 e. The van der Waals surface area contributed by atoms with E-state index in [2.05, 4.69) is 6.07 Å². The second-order valence-corrected chi connectivity index (χ2v) is 4.85. The summed E-state index contributed by atoms with van der Waals surface area (Å²) in [6.45, 7) is 2.01. The second kappa shape index (κ2) is 3.64. The van der Waals surface area contributed by atoms with E-state index >= 15 is 0 Å². The minimum atomic E-state index is 0.782. The van der Waals surface area contributed by atoms with Crippen molar-refractivity contribution in [2.45, 2.75) is 6.92 Å². The highest BCUT2D eigenvalue weighted by Crippen LogP contribution is 2.34. The van der Waals surface area contributed by atoms with E-state index in [0.29, 0.717) is 0 Å². The lowest BCUT2D eigenvalue weighted by atomic mass is 10.1. The molecule has 2 aromatic rings. The van der Waals surface area contributed by atoms with E-state index in [9.17, 15) is 0 Å². The third-order valence-electron chi connectivity index (χ3n) is 2.03. The van der Waals surface area contributed by atoms with Gasteiger partial charge in [0, 0.05) is 10.6 Å². The summed E-state index contributed by atoms with van der Waals surface area (Å²) in [4.78, 5) is 1.17. The fourth-order valence-electron chi connectivity index (χ4n) is 1.29. The smallest absolute Gasteiger partial charge is 0.0963 e. The maximum Gasteiger partial charge on any atom is 0.0963 e. The van der Waals surface area contributed by atoms with Crippen molar-refractivity contribution in [3.05, 3.63) is 40.2 Å². The molecule has 1 heterocycles. The van der Waals surface area contributed by atoms with Crippen LogP contribution >= 0.6 is 22.9 Å². The van der Waals surface area contributed by atoms with Crippen LogP contribution in [0, 0.1) is 6.92 Å². The molecule has 0 fully saturated rings. The Morgan fingerprint density at radius 3 is 2.64 bits per heavy atom. The molecule has 2 rings (SSSR count). The minimum Gasteiger partial charge on any atom is -0.399 e. The average Bonchev–Trinajstić information content (AvgIpc) is 2.47. The first-order chi connectivity index (χ1) is 6.66. The highest BCUT2D eigenvalue weighted by Gasteiger charge is 2.05. The number of nitrogens with two attached hydrogens (primary N) is 1. The molecular weight excluding hydrogens is 214 g/mol. The number of aryl methyl sites for hydroxylation is 1. The van der Waals surface area contributed by atoms with E-state index in [1.165, 1.54) is 4.88 Å². The zero-order chi connectivity index (χ0) is 10.1. The number of thiophene rings is 1. The molecule has 0 aliphatic rings. The van der Waals surface area contributed by atoms with E-state index in [1.54, 1.807) is 11.3 Å². The number of hydrogen-bond donors (Lipinski definition) is 1. The van der Waals surface area contributed by atoms with Gasteiger partial charge in [0.05, 0.1) is 4.34 Å².